The third kappa shape index (κ3) is 3.04. The Morgan fingerprint density at radius 2 is 2.14 bits per heavy atom. The van der Waals surface area contributed by atoms with Gasteiger partial charge in [-0.15, -0.1) is 0 Å². The van der Waals surface area contributed by atoms with Crippen LogP contribution < -0.4 is 10.6 Å². The van der Waals surface area contributed by atoms with Crippen LogP contribution in [0.3, 0.4) is 0 Å². The van der Waals surface area contributed by atoms with Gasteiger partial charge in [-0.3, -0.25) is 0 Å². The van der Waals surface area contributed by atoms with Crippen LogP contribution in [-0.2, 0) is 0 Å². The number of hydrogen-bond acceptors (Lipinski definition) is 6. The molecular weight excluding hydrogens is 182 g/mol. The second-order valence-electron chi connectivity index (χ2n) is 2.92. The van der Waals surface area contributed by atoms with Crippen molar-refractivity contribution in [2.75, 3.05) is 17.2 Å². The van der Waals surface area contributed by atoms with Crippen LogP contribution in [0.25, 0.3) is 0 Å². The zero-order valence-electron chi connectivity index (χ0n) is 11.4. The summed E-state index contributed by atoms with van der Waals surface area (Å²) in [4.78, 5) is 11.5. The van der Waals surface area contributed by atoms with E-state index in [4.69, 9.17) is 4.25 Å². The van der Waals surface area contributed by atoms with E-state index in [1.165, 1.54) is 0 Å². The van der Waals surface area contributed by atoms with Gasteiger partial charge in [-0.25, -0.2) is 0 Å². The zero-order valence-corrected chi connectivity index (χ0v) is 8.43. The summed E-state index contributed by atoms with van der Waals surface area (Å²) in [6.07, 6.45) is 0. The maximum Gasteiger partial charge on any atom is 0.320 e. The molecule has 0 aromatic carbocycles. The molecule has 6 nitrogen and oxygen atoms in total. The molecule has 0 unspecified atom stereocenters. The number of aromatic nitrogens is 3. The minimum Gasteiger partial charge on any atom is -0.479 e. The van der Waals surface area contributed by atoms with E-state index in [-0.39, 0.29) is 23.9 Å². The van der Waals surface area contributed by atoms with Gasteiger partial charge < -0.3 is 15.7 Å². The van der Waals surface area contributed by atoms with Crippen molar-refractivity contribution in [3.05, 3.63) is 0 Å². The van der Waals surface area contributed by atoms with Gasteiger partial charge in [-0.2, -0.15) is 15.0 Å². The van der Waals surface area contributed by atoms with Gasteiger partial charge in [0.2, 0.25) is 11.9 Å². The van der Waals surface area contributed by atoms with Crippen molar-refractivity contribution in [3.8, 4) is 6.01 Å². The Kier molecular flexibility index (Phi) is 2.23. The van der Waals surface area contributed by atoms with Crippen LogP contribution >= 0.6 is 0 Å². The van der Waals surface area contributed by atoms with Crippen LogP contribution in [0.1, 0.15) is 20.8 Å². The molecule has 6 heteroatoms. The molecule has 3 N–H and O–H groups in total. The van der Waals surface area contributed by atoms with Crippen LogP contribution in [0.2, 0.25) is 2.82 Å². The molecule has 1 heterocycles. The van der Waals surface area contributed by atoms with Crippen molar-refractivity contribution in [1.82, 2.24) is 15.0 Å². The summed E-state index contributed by atoms with van der Waals surface area (Å²) in [5.74, 6) is 0.107. The van der Waals surface area contributed by atoms with Crippen LogP contribution in [0.4, 0.5) is 11.9 Å². The highest BCUT2D eigenvalue weighted by atomic mass is 16.3. The minimum absolute atomic E-state index is 0.0534. The van der Waals surface area contributed by atoms with Gasteiger partial charge in [0.25, 0.3) is 1.43 Å². The number of rotatable bonds is 5. The van der Waals surface area contributed by atoms with Gasteiger partial charge in [0, 0.05) is 12.6 Å². The van der Waals surface area contributed by atoms with E-state index in [0.29, 0.717) is 6.54 Å². The summed E-state index contributed by atoms with van der Waals surface area (Å²) in [6, 6.07) is -0.363. The second kappa shape index (κ2) is 4.59. The fourth-order valence-corrected chi connectivity index (χ4v) is 0.836. The largest absolute Gasteiger partial charge is 0.479 e. The van der Waals surface area contributed by atoms with Crippen LogP contribution in [0.5, 0.6) is 6.01 Å². The van der Waals surface area contributed by atoms with E-state index in [2.05, 4.69) is 20.1 Å². The average molecular weight is 200 g/mol. The van der Waals surface area contributed by atoms with E-state index < -0.39 is 0 Å². The molecule has 0 saturated heterocycles. The molecule has 0 spiro atoms. The summed E-state index contributed by atoms with van der Waals surface area (Å²) in [6.45, 7) is 5.74. The molecule has 0 amide bonds. The van der Waals surface area contributed by atoms with Crippen LogP contribution in [0, 0.1) is 0 Å². The summed E-state index contributed by atoms with van der Waals surface area (Å²) >= 11 is 0. The molecule has 0 radical (unpaired) electrons. The van der Waals surface area contributed by atoms with Gasteiger partial charge in [-0.1, -0.05) is 0 Å². The minimum atomic E-state index is -0.228. The van der Waals surface area contributed by atoms with Crippen molar-refractivity contribution < 1.29 is 7.93 Å². The van der Waals surface area contributed by atoms with Gasteiger partial charge >= 0.3 is 6.01 Å². The molecule has 1 rings (SSSR count). The molecule has 0 bridgehead atoms. The summed E-state index contributed by atoms with van der Waals surface area (Å²) in [7, 11) is 0. The molecule has 1 aromatic rings. The molecule has 14 heavy (non-hydrogen) atoms. The molecule has 0 saturated carbocycles. The third-order valence-corrected chi connectivity index (χ3v) is 1.26. The molecule has 0 atom stereocenters. The molecule has 0 aliphatic heterocycles. The summed E-state index contributed by atoms with van der Waals surface area (Å²) < 4.78 is 22.1. The van der Waals surface area contributed by atoms with Gasteiger partial charge in [0.05, 0.1) is 0 Å². The van der Waals surface area contributed by atoms with E-state index in [1.807, 2.05) is 0 Å². The zero-order chi connectivity index (χ0) is 13.0. The van der Waals surface area contributed by atoms with Crippen LogP contribution in [0.15, 0.2) is 0 Å². The first-order chi connectivity index (χ1) is 7.99. The summed E-state index contributed by atoms with van der Waals surface area (Å²) in [5.41, 5.74) is 0. The Morgan fingerprint density at radius 3 is 2.71 bits per heavy atom. The highest BCUT2D eigenvalue weighted by molar-refractivity contribution is 5.35. The first kappa shape index (κ1) is 6.80. The molecular formula is C8H15N5O. The Bertz CT molecular complexity index is 378. The standard InChI is InChI=1S/C8H15N5O/c1-4-9-6-11-7(10-5(2)3)13-8(14)12-6/h5H,4H2,1-3H3,(H3,9,10,11,12,13,14)/i/hD3. The van der Waals surface area contributed by atoms with Crippen molar-refractivity contribution in [2.45, 2.75) is 26.8 Å². The smallest absolute Gasteiger partial charge is 0.320 e. The van der Waals surface area contributed by atoms with Gasteiger partial charge in [-0.05, 0) is 20.8 Å². The highest BCUT2D eigenvalue weighted by Crippen LogP contribution is 2.09. The number of hydrogen-bond donors (Lipinski definition) is 3. The first-order valence-corrected chi connectivity index (χ1v) is 4.43. The quantitative estimate of drug-likeness (QED) is 0.653. The van der Waals surface area contributed by atoms with Crippen molar-refractivity contribution >= 4 is 11.9 Å². The maximum atomic E-state index is 7.72. The second-order valence-corrected chi connectivity index (χ2v) is 2.92. The molecule has 78 valence electrons. The fraction of sp³-hybridized carbons (Fsp3) is 0.625. The number of anilines is 2. The Labute approximate surface area is 87.2 Å². The summed E-state index contributed by atoms with van der Waals surface area (Å²) in [5, 5.41) is 6.28. The van der Waals surface area contributed by atoms with E-state index in [1.54, 1.807) is 20.8 Å². The van der Waals surface area contributed by atoms with Gasteiger partial charge in [0.1, 0.15) is 0 Å². The first-order valence-electron chi connectivity index (χ1n) is 5.73. The maximum absolute atomic E-state index is 7.72. The predicted molar refractivity (Wildman–Crippen MR) is 54.4 cm³/mol. The van der Waals surface area contributed by atoms with E-state index in [9.17, 15) is 0 Å². The number of nitrogens with zero attached hydrogens (tertiary/aromatic N) is 3. The lowest BCUT2D eigenvalue weighted by Crippen LogP contribution is -2.14. The van der Waals surface area contributed by atoms with Crippen molar-refractivity contribution in [1.29, 1.82) is 1.43 Å². The highest BCUT2D eigenvalue weighted by Gasteiger charge is 2.04. The van der Waals surface area contributed by atoms with Crippen molar-refractivity contribution in [3.63, 3.8) is 0 Å². The molecule has 0 fully saturated rings. The lowest BCUT2D eigenvalue weighted by molar-refractivity contribution is 0.429. The normalized spacial score (nSPS) is 13.0. The number of aromatic hydroxyl groups is 1. The Hall–Kier alpha value is -1.59. The van der Waals surface area contributed by atoms with Crippen LogP contribution in [-0.4, -0.2) is 34.1 Å². The lowest BCUT2D eigenvalue weighted by atomic mass is 10.4. The fourth-order valence-electron chi connectivity index (χ4n) is 0.836. The van der Waals surface area contributed by atoms with Crippen molar-refractivity contribution in [2.24, 2.45) is 0 Å². The van der Waals surface area contributed by atoms with Gasteiger partial charge in [0.15, 0.2) is 2.82 Å². The van der Waals surface area contributed by atoms with E-state index >= 15 is 0 Å². The SMILES string of the molecule is [2H]Oc1nc(N([2H])CC)nc(N([2H])C(C)C)n1. The molecule has 0 aliphatic rings. The lowest BCUT2D eigenvalue weighted by Gasteiger charge is -2.09. The Morgan fingerprint density at radius 1 is 1.43 bits per heavy atom. The predicted octanol–water partition coefficient (Wildman–Crippen LogP) is 0.829. The number of nitrogens with one attached hydrogen (secondary N) is 2. The molecule has 0 aliphatic carbocycles. The molecule has 1 aromatic heterocycles. The van der Waals surface area contributed by atoms with E-state index in [0.717, 1.165) is 10.6 Å². The third-order valence-electron chi connectivity index (χ3n) is 1.26. The topological polar surface area (TPSA) is 83.0 Å². The average Bonchev–Trinajstić information content (AvgIpc) is 2.35. The Balaban J connectivity index is 3.13. The monoisotopic (exact) mass is 200 g/mol.